The fourth-order valence-electron chi connectivity index (χ4n) is 1.46. The summed E-state index contributed by atoms with van der Waals surface area (Å²) in [6.45, 7) is 4.35. The van der Waals surface area contributed by atoms with Crippen molar-refractivity contribution in [3.8, 4) is 0 Å². The number of likely N-dealkylation sites (N-methyl/N-ethyl adjacent to an activating group) is 1. The van der Waals surface area contributed by atoms with Crippen LogP contribution in [0.4, 0.5) is 0 Å². The average Bonchev–Trinajstić information content (AvgIpc) is 2.29. The molecule has 0 amide bonds. The van der Waals surface area contributed by atoms with Crippen LogP contribution in [0.25, 0.3) is 0 Å². The Balaban J connectivity index is 2.29. The molecule has 0 saturated carbocycles. The Kier molecular flexibility index (Phi) is 3.30. The van der Waals surface area contributed by atoms with Crippen molar-refractivity contribution in [2.45, 2.75) is 25.5 Å². The van der Waals surface area contributed by atoms with Crippen LogP contribution < -0.4 is 0 Å². The largest absolute Gasteiger partial charge is 0.391 e. The van der Waals surface area contributed by atoms with Crippen LogP contribution in [0.15, 0.2) is 0 Å². The summed E-state index contributed by atoms with van der Waals surface area (Å²) in [7, 11) is 2.03. The van der Waals surface area contributed by atoms with Crippen molar-refractivity contribution in [1.29, 1.82) is 0 Å². The Bertz CT molecular complexity index is 109. The molecule has 3 nitrogen and oxygen atoms in total. The van der Waals surface area contributed by atoms with Crippen LogP contribution in [-0.2, 0) is 4.74 Å². The molecule has 1 aliphatic rings. The highest BCUT2D eigenvalue weighted by Gasteiger charge is 2.29. The lowest BCUT2D eigenvalue weighted by Crippen LogP contribution is -2.36. The molecule has 11 heavy (non-hydrogen) atoms. The summed E-state index contributed by atoms with van der Waals surface area (Å²) < 4.78 is 5.26. The maximum atomic E-state index is 9.46. The third kappa shape index (κ3) is 2.15. The van der Waals surface area contributed by atoms with Crippen molar-refractivity contribution in [3.05, 3.63) is 0 Å². The van der Waals surface area contributed by atoms with Gasteiger partial charge in [-0.25, -0.2) is 0 Å². The summed E-state index contributed by atoms with van der Waals surface area (Å²) in [5.41, 5.74) is 0. The van der Waals surface area contributed by atoms with Crippen molar-refractivity contribution in [3.63, 3.8) is 0 Å². The first-order valence-electron chi connectivity index (χ1n) is 4.21. The Morgan fingerprint density at radius 2 is 2.36 bits per heavy atom. The van der Waals surface area contributed by atoms with Crippen LogP contribution in [0.1, 0.15) is 13.3 Å². The van der Waals surface area contributed by atoms with Gasteiger partial charge < -0.3 is 9.84 Å². The van der Waals surface area contributed by atoms with E-state index >= 15 is 0 Å². The van der Waals surface area contributed by atoms with E-state index in [-0.39, 0.29) is 12.1 Å². The molecule has 0 bridgehead atoms. The predicted molar refractivity (Wildman–Crippen MR) is 43.5 cm³/mol. The number of nitrogens with zero attached hydrogens (tertiary/aromatic N) is 1. The van der Waals surface area contributed by atoms with Crippen LogP contribution in [-0.4, -0.2) is 49.0 Å². The molecule has 0 aliphatic carbocycles. The van der Waals surface area contributed by atoms with Gasteiger partial charge in [0.15, 0.2) is 0 Å². The Morgan fingerprint density at radius 1 is 1.64 bits per heavy atom. The Labute approximate surface area is 68.0 Å². The van der Waals surface area contributed by atoms with Crippen LogP contribution in [0, 0.1) is 0 Å². The first-order chi connectivity index (χ1) is 5.25. The number of rotatable bonds is 3. The quantitative estimate of drug-likeness (QED) is 0.633. The summed E-state index contributed by atoms with van der Waals surface area (Å²) in [5.74, 6) is 0. The highest BCUT2D eigenvalue weighted by Crippen LogP contribution is 2.15. The summed E-state index contributed by atoms with van der Waals surface area (Å²) in [6.07, 6.45) is 0.695. The van der Waals surface area contributed by atoms with E-state index in [1.54, 1.807) is 0 Å². The van der Waals surface area contributed by atoms with E-state index in [0.29, 0.717) is 6.61 Å². The zero-order valence-electron chi connectivity index (χ0n) is 7.29. The van der Waals surface area contributed by atoms with E-state index in [1.165, 1.54) is 0 Å². The van der Waals surface area contributed by atoms with E-state index in [1.807, 2.05) is 14.0 Å². The van der Waals surface area contributed by atoms with E-state index < -0.39 is 0 Å². The van der Waals surface area contributed by atoms with Gasteiger partial charge in [-0.2, -0.15) is 0 Å². The lowest BCUT2D eigenvalue weighted by Gasteiger charge is -2.21. The summed E-state index contributed by atoms with van der Waals surface area (Å²) in [4.78, 5) is 2.15. The van der Waals surface area contributed by atoms with Crippen molar-refractivity contribution in [2.24, 2.45) is 0 Å². The summed E-state index contributed by atoms with van der Waals surface area (Å²) in [5, 5.41) is 9.46. The van der Waals surface area contributed by atoms with E-state index in [2.05, 4.69) is 4.90 Å². The molecule has 66 valence electrons. The number of aliphatic hydroxyl groups excluding tert-OH is 1. The zero-order valence-corrected chi connectivity index (χ0v) is 7.29. The molecule has 1 saturated heterocycles. The van der Waals surface area contributed by atoms with Gasteiger partial charge in [0.1, 0.15) is 0 Å². The Hall–Kier alpha value is -0.120. The molecule has 0 aromatic rings. The van der Waals surface area contributed by atoms with Crippen molar-refractivity contribution < 1.29 is 9.84 Å². The molecule has 0 aromatic heterocycles. The Morgan fingerprint density at radius 3 is 2.82 bits per heavy atom. The minimum Gasteiger partial charge on any atom is -0.391 e. The average molecular weight is 159 g/mol. The molecule has 1 N–H and O–H groups in total. The van der Waals surface area contributed by atoms with Gasteiger partial charge in [-0.1, -0.05) is 0 Å². The molecule has 2 atom stereocenters. The lowest BCUT2D eigenvalue weighted by molar-refractivity contribution is 0.0426. The minimum absolute atomic E-state index is 0.188. The van der Waals surface area contributed by atoms with Gasteiger partial charge in [0.05, 0.1) is 18.8 Å². The predicted octanol–water partition coefficient (Wildman–Crippen LogP) is 0.0879. The van der Waals surface area contributed by atoms with Crippen molar-refractivity contribution in [1.82, 2.24) is 4.90 Å². The molecule has 1 aliphatic heterocycles. The molecule has 1 fully saturated rings. The fraction of sp³-hybridized carbons (Fsp3) is 1.00. The van der Waals surface area contributed by atoms with Crippen LogP contribution >= 0.6 is 0 Å². The molecule has 0 unspecified atom stereocenters. The van der Waals surface area contributed by atoms with Crippen molar-refractivity contribution >= 4 is 0 Å². The standard InChI is InChI=1S/C8H17NO2/c1-3-11-6-7-8(10)4-5-9(7)2/h7-8,10H,3-6H2,1-2H3/t7-,8+/m1/s1. The highest BCUT2D eigenvalue weighted by atomic mass is 16.5. The first-order valence-corrected chi connectivity index (χ1v) is 4.21. The number of hydrogen-bond donors (Lipinski definition) is 1. The van der Waals surface area contributed by atoms with Gasteiger partial charge >= 0.3 is 0 Å². The summed E-state index contributed by atoms with van der Waals surface area (Å²) in [6, 6.07) is 0.218. The monoisotopic (exact) mass is 159 g/mol. The third-order valence-electron chi connectivity index (χ3n) is 2.28. The molecule has 0 radical (unpaired) electrons. The maximum absolute atomic E-state index is 9.46. The van der Waals surface area contributed by atoms with Gasteiger partial charge in [0.25, 0.3) is 0 Å². The number of aliphatic hydroxyl groups is 1. The van der Waals surface area contributed by atoms with Crippen LogP contribution in [0.2, 0.25) is 0 Å². The highest BCUT2D eigenvalue weighted by molar-refractivity contribution is 4.84. The second kappa shape index (κ2) is 4.04. The molecule has 1 heterocycles. The third-order valence-corrected chi connectivity index (χ3v) is 2.28. The van der Waals surface area contributed by atoms with E-state index in [0.717, 1.165) is 19.6 Å². The maximum Gasteiger partial charge on any atom is 0.0729 e. The molecule has 0 spiro atoms. The minimum atomic E-state index is -0.188. The molecule has 1 rings (SSSR count). The van der Waals surface area contributed by atoms with Crippen molar-refractivity contribution in [2.75, 3.05) is 26.8 Å². The number of likely N-dealkylation sites (tertiary alicyclic amines) is 1. The number of ether oxygens (including phenoxy) is 1. The van der Waals surface area contributed by atoms with Gasteiger partial charge in [-0.3, -0.25) is 4.90 Å². The number of hydrogen-bond acceptors (Lipinski definition) is 3. The normalized spacial score (nSPS) is 33.0. The van der Waals surface area contributed by atoms with E-state index in [4.69, 9.17) is 4.74 Å². The SMILES string of the molecule is CCOC[C@@H]1[C@@H](O)CCN1C. The van der Waals surface area contributed by atoms with E-state index in [9.17, 15) is 5.11 Å². The zero-order chi connectivity index (χ0) is 8.27. The topological polar surface area (TPSA) is 32.7 Å². The second-order valence-corrected chi connectivity index (χ2v) is 3.06. The van der Waals surface area contributed by atoms with Gasteiger partial charge in [-0.15, -0.1) is 0 Å². The smallest absolute Gasteiger partial charge is 0.0729 e. The summed E-state index contributed by atoms with van der Waals surface area (Å²) >= 11 is 0. The van der Waals surface area contributed by atoms with Gasteiger partial charge in [0, 0.05) is 13.2 Å². The van der Waals surface area contributed by atoms with Crippen LogP contribution in [0.5, 0.6) is 0 Å². The van der Waals surface area contributed by atoms with Crippen LogP contribution in [0.3, 0.4) is 0 Å². The molecular weight excluding hydrogens is 142 g/mol. The van der Waals surface area contributed by atoms with Gasteiger partial charge in [-0.05, 0) is 20.4 Å². The molecular formula is C8H17NO2. The van der Waals surface area contributed by atoms with Gasteiger partial charge in [0.2, 0.25) is 0 Å². The lowest BCUT2D eigenvalue weighted by atomic mass is 10.2. The molecule has 0 aromatic carbocycles. The fourth-order valence-corrected chi connectivity index (χ4v) is 1.46. The first kappa shape index (κ1) is 8.97. The second-order valence-electron chi connectivity index (χ2n) is 3.06. The molecule has 3 heteroatoms.